The van der Waals surface area contributed by atoms with Gasteiger partial charge in [-0.2, -0.15) is 5.10 Å². The fraction of sp³-hybridized carbons (Fsp3) is 0.643. The van der Waals surface area contributed by atoms with Crippen LogP contribution in [0.2, 0.25) is 0 Å². The number of aromatic nitrogens is 2. The van der Waals surface area contributed by atoms with Crippen LogP contribution >= 0.6 is 0 Å². The second-order valence-electron chi connectivity index (χ2n) is 5.12. The highest BCUT2D eigenvalue weighted by atomic mass is 16.2. The number of aryl methyl sites for hydroxylation is 1. The minimum atomic E-state index is -0.378. The van der Waals surface area contributed by atoms with E-state index in [0.29, 0.717) is 25.9 Å². The summed E-state index contributed by atoms with van der Waals surface area (Å²) in [6.45, 7) is 5.84. The topological polar surface area (TPSA) is 67.2 Å². The quantitative estimate of drug-likeness (QED) is 0.871. The fourth-order valence-electron chi connectivity index (χ4n) is 2.42. The van der Waals surface area contributed by atoms with E-state index in [-0.39, 0.29) is 17.9 Å². The average Bonchev–Trinajstić information content (AvgIpc) is 2.85. The molecule has 2 heterocycles. The molecular weight excluding hydrogens is 256 g/mol. The van der Waals surface area contributed by atoms with Gasteiger partial charge in [0, 0.05) is 37.8 Å². The lowest BCUT2D eigenvalue weighted by Crippen LogP contribution is -2.44. The Labute approximate surface area is 119 Å². The van der Waals surface area contributed by atoms with E-state index in [0.717, 1.165) is 18.5 Å². The van der Waals surface area contributed by atoms with Crippen LogP contribution in [0.15, 0.2) is 12.4 Å². The number of hydrogen-bond acceptors (Lipinski definition) is 3. The molecule has 1 saturated heterocycles. The summed E-state index contributed by atoms with van der Waals surface area (Å²) < 4.78 is 1.84. The molecule has 1 unspecified atom stereocenters. The molecule has 0 spiro atoms. The van der Waals surface area contributed by atoms with E-state index < -0.39 is 0 Å². The fourth-order valence-corrected chi connectivity index (χ4v) is 2.42. The predicted octanol–water partition coefficient (Wildman–Crippen LogP) is 0.920. The van der Waals surface area contributed by atoms with Gasteiger partial charge in [-0.05, 0) is 13.3 Å². The first-order valence-electron chi connectivity index (χ1n) is 7.23. The van der Waals surface area contributed by atoms with Crippen molar-refractivity contribution < 1.29 is 9.59 Å². The largest absolute Gasteiger partial charge is 0.344 e. The third-order valence-corrected chi connectivity index (χ3v) is 3.52. The maximum atomic E-state index is 12.4. The molecule has 0 radical (unpaired) electrons. The molecule has 0 bridgehead atoms. The Morgan fingerprint density at radius 1 is 1.40 bits per heavy atom. The molecule has 1 aromatic heterocycles. The first-order valence-corrected chi connectivity index (χ1v) is 7.23. The molecule has 1 atom stereocenters. The van der Waals surface area contributed by atoms with Crippen LogP contribution in [0.5, 0.6) is 0 Å². The molecule has 0 aliphatic carbocycles. The van der Waals surface area contributed by atoms with E-state index in [9.17, 15) is 9.59 Å². The van der Waals surface area contributed by atoms with Crippen LogP contribution in [-0.2, 0) is 22.7 Å². The van der Waals surface area contributed by atoms with Crippen molar-refractivity contribution in [2.24, 2.45) is 0 Å². The maximum Gasteiger partial charge on any atom is 0.245 e. The standard InChI is InChI=1S/C14H22N4O2/c1-3-5-12-14(20)17(7-6-13(19)16-12)9-11-8-15-18(4-2)10-11/h8,10,12H,3-7,9H2,1-2H3,(H,16,19). The Morgan fingerprint density at radius 2 is 2.20 bits per heavy atom. The Balaban J connectivity index is 2.08. The van der Waals surface area contributed by atoms with Crippen molar-refractivity contribution in [1.82, 2.24) is 20.0 Å². The number of carbonyl (C=O) groups excluding carboxylic acids is 2. The lowest BCUT2D eigenvalue weighted by Gasteiger charge is -2.23. The number of amides is 2. The van der Waals surface area contributed by atoms with E-state index in [1.54, 1.807) is 11.1 Å². The van der Waals surface area contributed by atoms with Crippen molar-refractivity contribution in [3.8, 4) is 0 Å². The van der Waals surface area contributed by atoms with Gasteiger partial charge in [0.25, 0.3) is 0 Å². The van der Waals surface area contributed by atoms with Crippen molar-refractivity contribution in [3.05, 3.63) is 18.0 Å². The average molecular weight is 278 g/mol. The third kappa shape index (κ3) is 3.37. The van der Waals surface area contributed by atoms with Gasteiger partial charge < -0.3 is 10.2 Å². The monoisotopic (exact) mass is 278 g/mol. The molecule has 1 aliphatic heterocycles. The summed E-state index contributed by atoms with van der Waals surface area (Å²) in [4.78, 5) is 25.9. The summed E-state index contributed by atoms with van der Waals surface area (Å²) in [5, 5.41) is 7.03. The zero-order valence-corrected chi connectivity index (χ0v) is 12.1. The van der Waals surface area contributed by atoms with Crippen LogP contribution in [0, 0.1) is 0 Å². The van der Waals surface area contributed by atoms with Gasteiger partial charge in [0.05, 0.1) is 6.20 Å². The van der Waals surface area contributed by atoms with Crippen LogP contribution in [0.4, 0.5) is 0 Å². The third-order valence-electron chi connectivity index (χ3n) is 3.52. The van der Waals surface area contributed by atoms with Crippen LogP contribution < -0.4 is 5.32 Å². The Kier molecular flexibility index (Phi) is 4.76. The van der Waals surface area contributed by atoms with Crippen LogP contribution in [0.25, 0.3) is 0 Å². The van der Waals surface area contributed by atoms with Crippen molar-refractivity contribution in [3.63, 3.8) is 0 Å². The van der Waals surface area contributed by atoms with Crippen molar-refractivity contribution >= 4 is 11.8 Å². The van der Waals surface area contributed by atoms with Gasteiger partial charge >= 0.3 is 0 Å². The summed E-state index contributed by atoms with van der Waals surface area (Å²) in [7, 11) is 0. The molecule has 2 rings (SSSR count). The second kappa shape index (κ2) is 6.54. The molecule has 1 N–H and O–H groups in total. The molecule has 6 nitrogen and oxygen atoms in total. The smallest absolute Gasteiger partial charge is 0.245 e. The minimum absolute atomic E-state index is 0.0157. The second-order valence-corrected chi connectivity index (χ2v) is 5.12. The highest BCUT2D eigenvalue weighted by Crippen LogP contribution is 2.12. The summed E-state index contributed by atoms with van der Waals surface area (Å²) in [6, 6.07) is -0.378. The number of rotatable bonds is 5. The van der Waals surface area contributed by atoms with Gasteiger partial charge in [-0.1, -0.05) is 13.3 Å². The van der Waals surface area contributed by atoms with Gasteiger partial charge in [-0.15, -0.1) is 0 Å². The number of carbonyl (C=O) groups is 2. The summed E-state index contributed by atoms with van der Waals surface area (Å²) >= 11 is 0. The van der Waals surface area contributed by atoms with Crippen LogP contribution in [0.3, 0.4) is 0 Å². The highest BCUT2D eigenvalue weighted by molar-refractivity contribution is 5.89. The van der Waals surface area contributed by atoms with Crippen molar-refractivity contribution in [1.29, 1.82) is 0 Å². The van der Waals surface area contributed by atoms with Gasteiger partial charge in [-0.25, -0.2) is 0 Å². The van der Waals surface area contributed by atoms with E-state index >= 15 is 0 Å². The first kappa shape index (κ1) is 14.6. The molecule has 1 aromatic rings. The van der Waals surface area contributed by atoms with Crippen molar-refractivity contribution in [2.45, 2.75) is 52.2 Å². The Morgan fingerprint density at radius 3 is 2.85 bits per heavy atom. The normalized spacial score (nSPS) is 19.9. The SMILES string of the molecule is CCCC1NC(=O)CCN(Cc2cnn(CC)c2)C1=O. The van der Waals surface area contributed by atoms with E-state index in [1.807, 2.05) is 24.7 Å². The molecule has 6 heteroatoms. The summed E-state index contributed by atoms with van der Waals surface area (Å²) in [6.07, 6.45) is 5.66. The summed E-state index contributed by atoms with van der Waals surface area (Å²) in [5.74, 6) is -0.0227. The Bertz CT molecular complexity index is 483. The molecule has 1 fully saturated rings. The minimum Gasteiger partial charge on any atom is -0.344 e. The molecule has 1 aliphatic rings. The van der Waals surface area contributed by atoms with E-state index in [1.165, 1.54) is 0 Å². The lowest BCUT2D eigenvalue weighted by atomic mass is 10.1. The molecule has 110 valence electrons. The molecule has 0 aromatic carbocycles. The lowest BCUT2D eigenvalue weighted by molar-refractivity contribution is -0.134. The van der Waals surface area contributed by atoms with Crippen LogP contribution in [0.1, 0.15) is 38.7 Å². The maximum absolute atomic E-state index is 12.4. The van der Waals surface area contributed by atoms with Crippen LogP contribution in [-0.4, -0.2) is 39.1 Å². The predicted molar refractivity (Wildman–Crippen MR) is 74.8 cm³/mol. The van der Waals surface area contributed by atoms with Crippen molar-refractivity contribution in [2.75, 3.05) is 6.54 Å². The molecule has 20 heavy (non-hydrogen) atoms. The number of hydrogen-bond donors (Lipinski definition) is 1. The molecule has 2 amide bonds. The highest BCUT2D eigenvalue weighted by Gasteiger charge is 2.29. The number of nitrogens with one attached hydrogen (secondary N) is 1. The van der Waals surface area contributed by atoms with Gasteiger partial charge in [0.2, 0.25) is 11.8 Å². The summed E-state index contributed by atoms with van der Waals surface area (Å²) in [5.41, 5.74) is 1.00. The van der Waals surface area contributed by atoms with Gasteiger partial charge in [-0.3, -0.25) is 14.3 Å². The Hall–Kier alpha value is -1.85. The van der Waals surface area contributed by atoms with Gasteiger partial charge in [0.15, 0.2) is 0 Å². The molecule has 0 saturated carbocycles. The van der Waals surface area contributed by atoms with E-state index in [4.69, 9.17) is 0 Å². The number of nitrogens with zero attached hydrogens (tertiary/aromatic N) is 3. The zero-order valence-electron chi connectivity index (χ0n) is 12.1. The zero-order chi connectivity index (χ0) is 14.5. The van der Waals surface area contributed by atoms with E-state index in [2.05, 4.69) is 10.4 Å². The molecular formula is C14H22N4O2. The first-order chi connectivity index (χ1) is 9.63. The van der Waals surface area contributed by atoms with Gasteiger partial charge in [0.1, 0.15) is 6.04 Å².